The molecule has 6 heteroatoms. The van der Waals surface area contributed by atoms with Gasteiger partial charge in [-0.2, -0.15) is 0 Å². The molecule has 2 aliphatic rings. The van der Waals surface area contributed by atoms with E-state index in [0.717, 1.165) is 17.5 Å². The van der Waals surface area contributed by atoms with Gasteiger partial charge in [0.15, 0.2) is 0 Å². The highest BCUT2D eigenvalue weighted by Gasteiger charge is 2.75. The number of carbonyl (C=O) groups is 6. The largest absolute Gasteiger partial charge is 0.290 e. The third-order valence-electron chi connectivity index (χ3n) is 10.9. The maximum Gasteiger partial charge on any atom is 0.233 e. The highest BCUT2D eigenvalue weighted by atomic mass is 16.2. The second-order valence-electron chi connectivity index (χ2n) is 13.6. The minimum absolute atomic E-state index is 0.135. The number of benzene rings is 4. The maximum absolute atomic E-state index is 12.2. The number of fused-ring (bicyclic) bond motifs is 2. The lowest BCUT2D eigenvalue weighted by atomic mass is 9.64. The van der Waals surface area contributed by atoms with Gasteiger partial charge in [0.1, 0.15) is 0 Å². The van der Waals surface area contributed by atoms with Crippen LogP contribution >= 0.6 is 0 Å². The van der Waals surface area contributed by atoms with E-state index in [1.807, 2.05) is 52.0 Å². The van der Waals surface area contributed by atoms with Gasteiger partial charge in [0.25, 0.3) is 0 Å². The number of aryl methyl sites for hydroxylation is 1. The molecule has 4 aromatic carbocycles. The third kappa shape index (κ3) is 6.27. The summed E-state index contributed by atoms with van der Waals surface area (Å²) in [5.41, 5.74) is 2.62. The molecule has 0 saturated heterocycles. The second-order valence-corrected chi connectivity index (χ2v) is 13.6. The summed E-state index contributed by atoms with van der Waals surface area (Å²) in [6.45, 7) is 14.0. The molecule has 0 radical (unpaired) electrons. The molecule has 6 nitrogen and oxygen atoms in total. The molecule has 2 bridgehead atoms. The molecule has 0 heterocycles. The smallest absolute Gasteiger partial charge is 0.233 e. The lowest BCUT2D eigenvalue weighted by molar-refractivity contribution is -0.144. The van der Waals surface area contributed by atoms with E-state index in [9.17, 15) is 28.8 Å². The summed E-state index contributed by atoms with van der Waals surface area (Å²) < 4.78 is 0. The third-order valence-corrected chi connectivity index (χ3v) is 10.9. The Balaban J connectivity index is 0.000000164. The fourth-order valence-electron chi connectivity index (χ4n) is 6.91. The molecule has 2 fully saturated rings. The fourth-order valence-corrected chi connectivity index (χ4v) is 6.91. The Hall–Kier alpha value is -5.10. The summed E-state index contributed by atoms with van der Waals surface area (Å²) in [7, 11) is 0. The summed E-state index contributed by atoms with van der Waals surface area (Å²) >= 11 is 0. The zero-order valence-corrected chi connectivity index (χ0v) is 28.6. The van der Waals surface area contributed by atoms with Gasteiger partial charge < -0.3 is 0 Å². The summed E-state index contributed by atoms with van der Waals surface area (Å²) in [5.74, 6) is -1.77. The van der Waals surface area contributed by atoms with Crippen LogP contribution in [0.3, 0.4) is 0 Å². The molecule has 0 N–H and O–H groups in total. The molecule has 3 atom stereocenters. The zero-order chi connectivity index (χ0) is 35.4. The number of Topliss-reactive ketones (excluding diaryl/α,β-unsaturated/α-hetero) is 6. The lowest BCUT2D eigenvalue weighted by Crippen LogP contribution is -2.39. The number of rotatable bonds is 6. The van der Waals surface area contributed by atoms with Gasteiger partial charge in [-0.25, -0.2) is 0 Å². The highest BCUT2D eigenvalue weighted by Crippen LogP contribution is 2.70. The van der Waals surface area contributed by atoms with Gasteiger partial charge >= 0.3 is 0 Å². The maximum atomic E-state index is 12.2. The van der Waals surface area contributed by atoms with E-state index in [2.05, 4.69) is 20.8 Å². The quantitative estimate of drug-likeness (QED) is 0.155. The molecule has 48 heavy (non-hydrogen) atoms. The van der Waals surface area contributed by atoms with E-state index in [-0.39, 0.29) is 17.0 Å². The van der Waals surface area contributed by atoms with Gasteiger partial charge in [-0.15, -0.1) is 0 Å². The van der Waals surface area contributed by atoms with Crippen molar-refractivity contribution in [1.82, 2.24) is 0 Å². The Kier molecular flexibility index (Phi) is 10.4. The first kappa shape index (κ1) is 35.7. The lowest BCUT2D eigenvalue weighted by Gasteiger charge is -2.37. The first-order valence-electron chi connectivity index (χ1n) is 16.1. The summed E-state index contributed by atoms with van der Waals surface area (Å²) in [4.78, 5) is 71.7. The Morgan fingerprint density at radius 2 is 0.938 bits per heavy atom. The van der Waals surface area contributed by atoms with Crippen LogP contribution in [0.5, 0.6) is 0 Å². The van der Waals surface area contributed by atoms with Crippen molar-refractivity contribution < 1.29 is 28.8 Å². The first-order valence-corrected chi connectivity index (χ1v) is 16.1. The molecule has 0 aromatic heterocycles. The second kappa shape index (κ2) is 13.9. The van der Waals surface area contributed by atoms with Crippen LogP contribution in [0.4, 0.5) is 0 Å². The van der Waals surface area contributed by atoms with Crippen LogP contribution in [-0.2, 0) is 9.59 Å². The standard InChI is InChI=1S/C16H14O2.C14H10O2.C12H18O2/c1-11-7-6-10-14(12(11)2)16(18)15(17)13-8-4-3-5-9-13;15-13(11-7-3-1-4-8-11)14(16)12-9-5-2-6-10-12;1-7-6-11(4)8(13)9(14)12(7,5)10(11,2)3/h3-10H,1-2H3;1-10H;7H,6H2,1-5H3. The van der Waals surface area contributed by atoms with E-state index in [4.69, 9.17) is 0 Å². The normalized spacial score (nSPS) is 21.7. The Morgan fingerprint density at radius 3 is 1.29 bits per heavy atom. The molecule has 3 unspecified atom stereocenters. The molecule has 0 aliphatic heterocycles. The predicted octanol–water partition coefficient (Wildman–Crippen LogP) is 8.34. The van der Waals surface area contributed by atoms with Crippen molar-refractivity contribution in [1.29, 1.82) is 0 Å². The van der Waals surface area contributed by atoms with Crippen molar-refractivity contribution >= 4 is 34.7 Å². The van der Waals surface area contributed by atoms with Crippen LogP contribution in [-0.4, -0.2) is 34.7 Å². The molecule has 6 rings (SSSR count). The van der Waals surface area contributed by atoms with Crippen LogP contribution in [0, 0.1) is 36.0 Å². The van der Waals surface area contributed by atoms with Gasteiger partial charge in [0.05, 0.1) is 0 Å². The van der Waals surface area contributed by atoms with Crippen molar-refractivity contribution in [3.05, 3.63) is 143 Å². The monoisotopic (exact) mass is 642 g/mol. The van der Waals surface area contributed by atoms with Crippen molar-refractivity contribution in [3.63, 3.8) is 0 Å². The van der Waals surface area contributed by atoms with Crippen LogP contribution in [0.15, 0.2) is 109 Å². The molecular formula is C42H42O6. The van der Waals surface area contributed by atoms with Crippen LogP contribution in [0.2, 0.25) is 0 Å². The first-order chi connectivity index (χ1) is 22.6. The molecule has 2 saturated carbocycles. The Labute approximate surface area is 282 Å². The molecular weight excluding hydrogens is 600 g/mol. The van der Waals surface area contributed by atoms with Crippen molar-refractivity contribution in [3.8, 4) is 0 Å². The van der Waals surface area contributed by atoms with E-state index in [1.165, 1.54) is 0 Å². The topological polar surface area (TPSA) is 102 Å². The molecule has 4 aromatic rings. The number of ketones is 6. The molecule has 0 amide bonds. The fraction of sp³-hybridized carbons (Fsp3) is 0.286. The molecule has 2 aliphatic carbocycles. The number of hydrogen-bond donors (Lipinski definition) is 0. The minimum atomic E-state index is -0.466. The van der Waals surface area contributed by atoms with E-state index < -0.39 is 34.0 Å². The summed E-state index contributed by atoms with van der Waals surface area (Å²) in [5, 5.41) is 0. The summed E-state index contributed by atoms with van der Waals surface area (Å²) in [6, 6.07) is 31.2. The average molecular weight is 643 g/mol. The van der Waals surface area contributed by atoms with E-state index in [0.29, 0.717) is 28.2 Å². The minimum Gasteiger partial charge on any atom is -0.290 e. The van der Waals surface area contributed by atoms with Crippen molar-refractivity contribution in [2.75, 3.05) is 0 Å². The Bertz CT molecular complexity index is 1820. The number of carbonyl (C=O) groups excluding carboxylic acids is 6. The SMILES string of the molecule is CC1CC2(C)C(=O)C(=O)C1(C)C2(C)C.Cc1cccc(C(=O)C(=O)c2ccccc2)c1C.O=C(C(=O)c1ccccc1)c1ccccc1. The van der Waals surface area contributed by atoms with Gasteiger partial charge in [-0.1, -0.05) is 144 Å². The van der Waals surface area contributed by atoms with Crippen molar-refractivity contribution in [2.24, 2.45) is 22.2 Å². The van der Waals surface area contributed by atoms with E-state index >= 15 is 0 Å². The summed E-state index contributed by atoms with van der Waals surface area (Å²) in [6.07, 6.45) is 0.862. The van der Waals surface area contributed by atoms with Gasteiger partial charge in [0, 0.05) is 33.1 Å². The van der Waals surface area contributed by atoms with Crippen LogP contribution in [0.1, 0.15) is 93.6 Å². The van der Waals surface area contributed by atoms with Gasteiger partial charge in [-0.3, -0.25) is 28.8 Å². The van der Waals surface area contributed by atoms with Gasteiger partial charge in [-0.05, 0) is 42.7 Å². The van der Waals surface area contributed by atoms with Crippen molar-refractivity contribution in [2.45, 2.75) is 54.9 Å². The highest BCUT2D eigenvalue weighted by molar-refractivity contribution is 6.50. The predicted molar refractivity (Wildman–Crippen MR) is 186 cm³/mol. The average Bonchev–Trinajstić information content (AvgIpc) is 3.31. The zero-order valence-electron chi connectivity index (χ0n) is 28.6. The molecule has 246 valence electrons. The van der Waals surface area contributed by atoms with Gasteiger partial charge in [0.2, 0.25) is 34.7 Å². The molecule has 0 spiro atoms. The number of hydrogen-bond acceptors (Lipinski definition) is 6. The van der Waals surface area contributed by atoms with Crippen LogP contribution < -0.4 is 0 Å². The van der Waals surface area contributed by atoms with E-state index in [1.54, 1.807) is 84.9 Å². The Morgan fingerprint density at radius 1 is 0.542 bits per heavy atom. The van der Waals surface area contributed by atoms with Crippen LogP contribution in [0.25, 0.3) is 0 Å².